The number of benzene rings is 2. The maximum atomic E-state index is 13.4. The summed E-state index contributed by atoms with van der Waals surface area (Å²) in [6, 6.07) is 13.1. The molecule has 0 radical (unpaired) electrons. The molecule has 3 rings (SSSR count). The number of aryl methyl sites for hydroxylation is 3. The van der Waals surface area contributed by atoms with Crippen LogP contribution < -0.4 is 10.6 Å². The van der Waals surface area contributed by atoms with Crippen LogP contribution in [0.5, 0.6) is 0 Å². The Morgan fingerprint density at radius 3 is 2.58 bits per heavy atom. The Morgan fingerprint density at radius 1 is 1.10 bits per heavy atom. The topological polar surface area (TPSA) is 70.7 Å². The fraction of sp³-hybridized carbons (Fsp3) is 0.417. The molecule has 7 heteroatoms. The number of ether oxygens (including phenoxy) is 1. The minimum Gasteiger partial charge on any atom is -0.385 e. The molecule has 2 aromatic carbocycles. The molecule has 0 unspecified atom stereocenters. The van der Waals surface area contributed by atoms with Crippen molar-refractivity contribution in [3.05, 3.63) is 64.7 Å². The van der Waals surface area contributed by atoms with Gasteiger partial charge in [-0.2, -0.15) is 0 Å². The van der Waals surface area contributed by atoms with Crippen molar-refractivity contribution < 1.29 is 14.3 Å². The number of urea groups is 1. The highest BCUT2D eigenvalue weighted by atomic mass is 32.2. The summed E-state index contributed by atoms with van der Waals surface area (Å²) in [5, 5.41) is 5.74. The van der Waals surface area contributed by atoms with Crippen molar-refractivity contribution in [1.29, 1.82) is 0 Å². The first kappa shape index (κ1) is 23.2. The molecule has 1 heterocycles. The number of carbonyl (C=O) groups is 2. The van der Waals surface area contributed by atoms with Crippen LogP contribution in [0.15, 0.2) is 42.5 Å². The molecule has 2 atom stereocenters. The number of methoxy groups -OCH3 is 1. The lowest BCUT2D eigenvalue weighted by atomic mass is 10.1. The van der Waals surface area contributed by atoms with E-state index >= 15 is 0 Å². The van der Waals surface area contributed by atoms with Crippen molar-refractivity contribution in [3.8, 4) is 0 Å². The second-order valence-corrected chi connectivity index (χ2v) is 8.95. The van der Waals surface area contributed by atoms with E-state index in [1.165, 1.54) is 5.56 Å². The van der Waals surface area contributed by atoms with Crippen molar-refractivity contribution in [2.24, 2.45) is 0 Å². The minimum atomic E-state index is -0.538. The molecule has 1 fully saturated rings. The van der Waals surface area contributed by atoms with Gasteiger partial charge >= 0.3 is 6.03 Å². The monoisotopic (exact) mass is 441 g/mol. The van der Waals surface area contributed by atoms with Crippen LogP contribution in [0.2, 0.25) is 0 Å². The predicted octanol–water partition coefficient (Wildman–Crippen LogP) is 4.41. The molecular formula is C24H31N3O3S. The van der Waals surface area contributed by atoms with Crippen LogP contribution in [-0.4, -0.2) is 48.9 Å². The molecule has 1 aliphatic heterocycles. The van der Waals surface area contributed by atoms with Crippen LogP contribution >= 0.6 is 11.8 Å². The van der Waals surface area contributed by atoms with Gasteiger partial charge in [0.1, 0.15) is 11.4 Å². The van der Waals surface area contributed by atoms with Gasteiger partial charge in [-0.1, -0.05) is 30.3 Å². The summed E-state index contributed by atoms with van der Waals surface area (Å²) in [6.07, 6.45) is 0.734. The zero-order valence-corrected chi connectivity index (χ0v) is 19.4. The molecule has 0 aromatic heterocycles. The van der Waals surface area contributed by atoms with Crippen molar-refractivity contribution in [2.75, 3.05) is 31.3 Å². The lowest BCUT2D eigenvalue weighted by molar-refractivity contribution is -0.124. The van der Waals surface area contributed by atoms with Crippen molar-refractivity contribution in [3.63, 3.8) is 0 Å². The van der Waals surface area contributed by atoms with Gasteiger partial charge in [0.25, 0.3) is 0 Å². The number of thioether (sulfide) groups is 1. The Kier molecular flexibility index (Phi) is 7.98. The van der Waals surface area contributed by atoms with Gasteiger partial charge < -0.3 is 15.4 Å². The van der Waals surface area contributed by atoms with Crippen LogP contribution in [0.3, 0.4) is 0 Å². The number of nitrogens with zero attached hydrogens (tertiary/aromatic N) is 1. The summed E-state index contributed by atoms with van der Waals surface area (Å²) in [7, 11) is 1.64. The Labute approximate surface area is 188 Å². The third-order valence-electron chi connectivity index (χ3n) is 5.57. The second-order valence-electron chi connectivity index (χ2n) is 7.83. The smallest absolute Gasteiger partial charge is 0.323 e. The van der Waals surface area contributed by atoms with Gasteiger partial charge in [0, 0.05) is 31.7 Å². The van der Waals surface area contributed by atoms with Gasteiger partial charge in [-0.3, -0.25) is 9.69 Å². The quantitative estimate of drug-likeness (QED) is 0.625. The standard InChI is InChI=1S/C24H31N3O3S/c1-16-10-11-19(14-18(16)3)26-24(29)27-21(22(28)25-12-7-13-30-4)15-31-23(27)20-9-6-5-8-17(20)2/h5-6,8-11,14,21,23H,7,12-13,15H2,1-4H3,(H,25,28)(H,26,29)/t21-,23+/m1/s1. The van der Waals surface area contributed by atoms with E-state index in [9.17, 15) is 9.59 Å². The van der Waals surface area contributed by atoms with E-state index in [2.05, 4.69) is 10.6 Å². The Morgan fingerprint density at radius 2 is 1.87 bits per heavy atom. The third kappa shape index (κ3) is 5.60. The highest BCUT2D eigenvalue weighted by Gasteiger charge is 2.42. The van der Waals surface area contributed by atoms with Gasteiger partial charge in [-0.15, -0.1) is 11.8 Å². The minimum absolute atomic E-state index is 0.130. The van der Waals surface area contributed by atoms with Crippen LogP contribution in [0.4, 0.5) is 10.5 Å². The van der Waals surface area contributed by atoms with Crippen LogP contribution in [-0.2, 0) is 9.53 Å². The van der Waals surface area contributed by atoms with Crippen molar-refractivity contribution >= 4 is 29.4 Å². The zero-order valence-electron chi connectivity index (χ0n) is 18.6. The SMILES string of the molecule is COCCCNC(=O)[C@H]1CS[C@@H](c2ccccc2C)N1C(=O)Nc1ccc(C)c(C)c1. The zero-order chi connectivity index (χ0) is 22.4. The Hall–Kier alpha value is -2.51. The molecule has 0 bridgehead atoms. The fourth-order valence-electron chi connectivity index (χ4n) is 3.61. The lowest BCUT2D eigenvalue weighted by Gasteiger charge is -2.30. The first-order valence-corrected chi connectivity index (χ1v) is 11.6. The van der Waals surface area contributed by atoms with Crippen molar-refractivity contribution in [2.45, 2.75) is 38.6 Å². The van der Waals surface area contributed by atoms with E-state index in [0.717, 1.165) is 28.8 Å². The molecule has 2 N–H and O–H groups in total. The van der Waals surface area contributed by atoms with Crippen LogP contribution in [0, 0.1) is 20.8 Å². The van der Waals surface area contributed by atoms with Gasteiger partial charge in [0.15, 0.2) is 0 Å². The van der Waals surface area contributed by atoms with Gasteiger partial charge in [0.05, 0.1) is 0 Å². The molecule has 3 amide bonds. The van der Waals surface area contributed by atoms with E-state index < -0.39 is 6.04 Å². The summed E-state index contributed by atoms with van der Waals surface area (Å²) in [6.45, 7) is 7.20. The number of carbonyl (C=O) groups excluding carboxylic acids is 2. The number of rotatable bonds is 7. The summed E-state index contributed by atoms with van der Waals surface area (Å²) in [5.41, 5.74) is 5.16. The Balaban J connectivity index is 1.83. The number of amides is 3. The summed E-state index contributed by atoms with van der Waals surface area (Å²) >= 11 is 1.62. The van der Waals surface area contributed by atoms with E-state index in [1.54, 1.807) is 23.8 Å². The lowest BCUT2D eigenvalue weighted by Crippen LogP contribution is -2.49. The number of nitrogens with one attached hydrogen (secondary N) is 2. The molecule has 1 saturated heterocycles. The molecule has 1 aliphatic rings. The van der Waals surface area contributed by atoms with Gasteiger partial charge in [0.2, 0.25) is 5.91 Å². The van der Waals surface area contributed by atoms with Crippen LogP contribution in [0.1, 0.15) is 34.0 Å². The second kappa shape index (κ2) is 10.7. The number of hydrogen-bond donors (Lipinski definition) is 2. The normalized spacial score (nSPS) is 18.1. The maximum absolute atomic E-state index is 13.4. The summed E-state index contributed by atoms with van der Waals surface area (Å²) in [5.74, 6) is 0.421. The average Bonchev–Trinajstić information content (AvgIpc) is 3.19. The molecule has 31 heavy (non-hydrogen) atoms. The van der Waals surface area contributed by atoms with Crippen LogP contribution in [0.25, 0.3) is 0 Å². The molecule has 0 saturated carbocycles. The first-order chi connectivity index (χ1) is 14.9. The van der Waals surface area contributed by atoms with Gasteiger partial charge in [-0.05, 0) is 61.6 Å². The first-order valence-electron chi connectivity index (χ1n) is 10.5. The molecule has 6 nitrogen and oxygen atoms in total. The highest BCUT2D eigenvalue weighted by molar-refractivity contribution is 7.99. The average molecular weight is 442 g/mol. The predicted molar refractivity (Wildman–Crippen MR) is 126 cm³/mol. The molecule has 0 spiro atoms. The van der Waals surface area contributed by atoms with Gasteiger partial charge in [-0.25, -0.2) is 4.79 Å². The van der Waals surface area contributed by atoms with E-state index in [0.29, 0.717) is 18.9 Å². The number of hydrogen-bond acceptors (Lipinski definition) is 4. The van der Waals surface area contributed by atoms with Crippen molar-refractivity contribution in [1.82, 2.24) is 10.2 Å². The Bertz CT molecular complexity index is 934. The molecule has 166 valence electrons. The maximum Gasteiger partial charge on any atom is 0.323 e. The fourth-order valence-corrected chi connectivity index (χ4v) is 5.14. The van der Waals surface area contributed by atoms with E-state index in [1.807, 2.05) is 63.2 Å². The molecular weight excluding hydrogens is 410 g/mol. The summed E-state index contributed by atoms with van der Waals surface area (Å²) < 4.78 is 5.05. The largest absolute Gasteiger partial charge is 0.385 e. The van der Waals surface area contributed by atoms with E-state index in [4.69, 9.17) is 4.74 Å². The summed E-state index contributed by atoms with van der Waals surface area (Å²) in [4.78, 5) is 28.0. The number of anilines is 1. The molecule has 0 aliphatic carbocycles. The highest BCUT2D eigenvalue weighted by Crippen LogP contribution is 2.42. The molecule has 2 aromatic rings. The van der Waals surface area contributed by atoms with E-state index in [-0.39, 0.29) is 17.3 Å². The third-order valence-corrected chi connectivity index (χ3v) is 6.88.